The molecule has 0 radical (unpaired) electrons. The van der Waals surface area contributed by atoms with E-state index < -0.39 is 5.41 Å². The van der Waals surface area contributed by atoms with Crippen LogP contribution < -0.4 is 9.47 Å². The minimum Gasteiger partial charge on any atom is -0.458 e. The smallest absolute Gasteiger partial charge is 0.179 e. The second-order valence-electron chi connectivity index (χ2n) is 10.9. The predicted molar refractivity (Wildman–Crippen MR) is 161 cm³/mol. The molecule has 0 saturated carbocycles. The lowest BCUT2D eigenvalue weighted by molar-refractivity contribution is 0.306. The average molecular weight is 541 g/mol. The van der Waals surface area contributed by atoms with Crippen molar-refractivity contribution < 1.29 is 13.9 Å². The maximum Gasteiger partial charge on any atom is 0.179 e. The first-order valence-corrected chi connectivity index (χ1v) is 14.0. The van der Waals surface area contributed by atoms with E-state index in [1.54, 1.807) is 0 Å². The number of para-hydroxylation sites is 5. The molecule has 2 aliphatic carbocycles. The van der Waals surface area contributed by atoms with Crippen molar-refractivity contribution in [1.29, 1.82) is 0 Å². The number of aromatic nitrogens is 2. The quantitative estimate of drug-likeness (QED) is 0.209. The van der Waals surface area contributed by atoms with Crippen LogP contribution in [0.4, 0.5) is 0 Å². The molecule has 3 heterocycles. The number of fused-ring (bicyclic) bond motifs is 13. The van der Waals surface area contributed by atoms with Gasteiger partial charge in [-0.2, -0.15) is 0 Å². The van der Waals surface area contributed by atoms with Crippen LogP contribution >= 0.6 is 0 Å². The van der Waals surface area contributed by atoms with Crippen molar-refractivity contribution in [2.45, 2.75) is 5.41 Å². The summed E-state index contributed by atoms with van der Waals surface area (Å²) in [6.07, 6.45) is 1.87. The highest BCUT2D eigenvalue weighted by molar-refractivity contribution is 6.03. The summed E-state index contributed by atoms with van der Waals surface area (Å²) in [5.41, 5.74) is 8.85. The molecule has 10 rings (SSSR count). The van der Waals surface area contributed by atoms with E-state index in [9.17, 15) is 0 Å². The van der Waals surface area contributed by atoms with Gasteiger partial charge in [0.2, 0.25) is 0 Å². The summed E-state index contributed by atoms with van der Waals surface area (Å²) in [5.74, 6) is 3.62. The summed E-state index contributed by atoms with van der Waals surface area (Å²) in [7, 11) is 0. The maximum absolute atomic E-state index is 6.87. The molecule has 196 valence electrons. The number of hydrogen-bond acceptors (Lipinski definition) is 5. The molecule has 5 aromatic carbocycles. The van der Waals surface area contributed by atoms with E-state index in [-0.39, 0.29) is 0 Å². The van der Waals surface area contributed by atoms with Gasteiger partial charge in [-0.05, 0) is 52.6 Å². The second kappa shape index (κ2) is 7.74. The molecule has 0 fully saturated rings. The highest BCUT2D eigenvalue weighted by Crippen LogP contribution is 2.65. The lowest BCUT2D eigenvalue weighted by Gasteiger charge is -2.31. The largest absolute Gasteiger partial charge is 0.458 e. The van der Waals surface area contributed by atoms with Crippen LogP contribution in [0.15, 0.2) is 132 Å². The molecule has 1 unspecified atom stereocenters. The Labute approximate surface area is 240 Å². The molecule has 0 N–H and O–H groups in total. The molecule has 42 heavy (non-hydrogen) atoms. The van der Waals surface area contributed by atoms with Crippen LogP contribution in [0.1, 0.15) is 22.5 Å². The first-order valence-electron chi connectivity index (χ1n) is 14.0. The van der Waals surface area contributed by atoms with Gasteiger partial charge >= 0.3 is 0 Å². The Kier molecular flexibility index (Phi) is 4.06. The summed E-state index contributed by atoms with van der Waals surface area (Å²) in [6.45, 7) is 0. The third-order valence-corrected chi connectivity index (χ3v) is 8.78. The van der Waals surface area contributed by atoms with Gasteiger partial charge in [-0.3, -0.25) is 4.98 Å². The van der Waals surface area contributed by atoms with E-state index in [0.717, 1.165) is 72.6 Å². The monoisotopic (exact) mass is 540 g/mol. The molecule has 5 heteroatoms. The fourth-order valence-electron chi connectivity index (χ4n) is 7.10. The molecule has 1 aliphatic heterocycles. The van der Waals surface area contributed by atoms with Crippen molar-refractivity contribution in [2.75, 3.05) is 0 Å². The SMILES string of the molecule is c1ccc2c(c1)OC1=C(O2)C2(c3ccccc3-c3c(-c4cnc5ccccc5n4)cccc32)c2oc3ccccc3c21. The summed E-state index contributed by atoms with van der Waals surface area (Å²) >= 11 is 0. The summed E-state index contributed by atoms with van der Waals surface area (Å²) in [4.78, 5) is 9.80. The van der Waals surface area contributed by atoms with Crippen LogP contribution in [-0.2, 0) is 5.41 Å². The van der Waals surface area contributed by atoms with Crippen LogP contribution in [0.5, 0.6) is 11.5 Å². The Bertz CT molecular complexity index is 2330. The van der Waals surface area contributed by atoms with Crippen LogP contribution in [0.3, 0.4) is 0 Å². The van der Waals surface area contributed by atoms with E-state index in [4.69, 9.17) is 23.9 Å². The standard InChI is InChI=1S/C37H20N2O3/c1-3-13-24-21(10-1)32-22(28-20-38-26-15-4-5-16-27(26)39-28)12-9-14-25(32)37(24)35-33(23-11-2-6-17-29(23)41-35)34-36(37)42-31-19-8-7-18-30(31)40-34/h1-20H. The summed E-state index contributed by atoms with van der Waals surface area (Å²) in [6, 6.07) is 38.9. The minimum atomic E-state index is -0.844. The number of nitrogens with zero attached hydrogens (tertiary/aromatic N) is 2. The lowest BCUT2D eigenvalue weighted by Crippen LogP contribution is -2.31. The topological polar surface area (TPSA) is 57.4 Å². The number of furan rings is 1. The van der Waals surface area contributed by atoms with Crippen LogP contribution in [-0.4, -0.2) is 9.97 Å². The molecule has 2 aromatic heterocycles. The van der Waals surface area contributed by atoms with Crippen molar-refractivity contribution in [1.82, 2.24) is 9.97 Å². The maximum atomic E-state index is 6.87. The Morgan fingerprint density at radius 1 is 0.571 bits per heavy atom. The molecule has 0 amide bonds. The fourth-order valence-corrected chi connectivity index (χ4v) is 7.10. The molecule has 0 saturated heterocycles. The third kappa shape index (κ3) is 2.59. The fraction of sp³-hybridized carbons (Fsp3) is 0.0270. The van der Waals surface area contributed by atoms with Gasteiger partial charge < -0.3 is 13.9 Å². The van der Waals surface area contributed by atoms with Crippen LogP contribution in [0.2, 0.25) is 0 Å². The van der Waals surface area contributed by atoms with Gasteiger partial charge in [-0.25, -0.2) is 4.98 Å². The van der Waals surface area contributed by atoms with Crippen molar-refractivity contribution >= 4 is 27.8 Å². The van der Waals surface area contributed by atoms with Crippen molar-refractivity contribution in [3.05, 3.63) is 150 Å². The molecule has 1 atom stereocenters. The van der Waals surface area contributed by atoms with Crippen molar-refractivity contribution in [3.8, 4) is 33.9 Å². The van der Waals surface area contributed by atoms with Gasteiger partial charge in [0.25, 0.3) is 0 Å². The number of hydrogen-bond donors (Lipinski definition) is 0. The Balaban J connectivity index is 1.33. The molecule has 5 nitrogen and oxygen atoms in total. The molecule has 1 spiro atoms. The lowest BCUT2D eigenvalue weighted by atomic mass is 9.76. The van der Waals surface area contributed by atoms with Gasteiger partial charge in [-0.15, -0.1) is 0 Å². The minimum absolute atomic E-state index is 0.688. The normalized spacial score (nSPS) is 17.4. The van der Waals surface area contributed by atoms with Crippen molar-refractivity contribution in [3.63, 3.8) is 0 Å². The molecule has 7 aromatic rings. The molecular formula is C37H20N2O3. The van der Waals surface area contributed by atoms with Gasteiger partial charge in [0, 0.05) is 10.9 Å². The Morgan fingerprint density at radius 2 is 1.29 bits per heavy atom. The molecular weight excluding hydrogens is 520 g/mol. The van der Waals surface area contributed by atoms with Gasteiger partial charge in [0.1, 0.15) is 16.8 Å². The van der Waals surface area contributed by atoms with Crippen LogP contribution in [0.25, 0.3) is 50.1 Å². The highest BCUT2D eigenvalue weighted by atomic mass is 16.6. The number of benzene rings is 5. The molecule has 0 bridgehead atoms. The Morgan fingerprint density at radius 3 is 2.21 bits per heavy atom. The zero-order valence-corrected chi connectivity index (χ0v) is 22.2. The number of allylic oxidation sites excluding steroid dienone is 1. The van der Waals surface area contributed by atoms with E-state index in [1.165, 1.54) is 0 Å². The number of ether oxygens (including phenoxy) is 2. The first kappa shape index (κ1) is 22.1. The van der Waals surface area contributed by atoms with Crippen LogP contribution in [0, 0.1) is 0 Å². The zero-order chi connectivity index (χ0) is 27.4. The van der Waals surface area contributed by atoms with E-state index in [1.807, 2.05) is 72.9 Å². The third-order valence-electron chi connectivity index (χ3n) is 8.78. The van der Waals surface area contributed by atoms with Gasteiger partial charge in [0.05, 0.1) is 28.5 Å². The number of rotatable bonds is 1. The zero-order valence-electron chi connectivity index (χ0n) is 22.2. The second-order valence-corrected chi connectivity index (χ2v) is 10.9. The average Bonchev–Trinajstić information content (AvgIpc) is 3.67. The van der Waals surface area contributed by atoms with Crippen molar-refractivity contribution in [2.24, 2.45) is 0 Å². The summed E-state index contributed by atoms with van der Waals surface area (Å²) in [5, 5.41) is 1.00. The Hall–Kier alpha value is -5.68. The molecule has 3 aliphatic rings. The van der Waals surface area contributed by atoms with Gasteiger partial charge in [-0.1, -0.05) is 84.9 Å². The van der Waals surface area contributed by atoms with E-state index in [2.05, 4.69) is 48.5 Å². The first-order chi connectivity index (χ1) is 20.8. The van der Waals surface area contributed by atoms with Gasteiger partial charge in [0.15, 0.2) is 23.0 Å². The summed E-state index contributed by atoms with van der Waals surface area (Å²) < 4.78 is 20.4. The van der Waals surface area contributed by atoms with E-state index in [0.29, 0.717) is 17.3 Å². The highest BCUT2D eigenvalue weighted by Gasteiger charge is 2.60. The predicted octanol–water partition coefficient (Wildman–Crippen LogP) is 8.51. The van der Waals surface area contributed by atoms with E-state index >= 15 is 0 Å².